The third-order valence-corrected chi connectivity index (χ3v) is 4.72. The van der Waals surface area contributed by atoms with Crippen LogP contribution in [0.3, 0.4) is 0 Å². The van der Waals surface area contributed by atoms with Crippen LogP contribution < -0.4 is 15.5 Å². The van der Waals surface area contributed by atoms with Gasteiger partial charge in [-0.1, -0.05) is 30.3 Å². The van der Waals surface area contributed by atoms with Gasteiger partial charge in [0.15, 0.2) is 6.61 Å². The van der Waals surface area contributed by atoms with Crippen LogP contribution in [0.5, 0.6) is 5.75 Å². The number of aryl methyl sites for hydroxylation is 1. The van der Waals surface area contributed by atoms with Gasteiger partial charge in [-0.3, -0.25) is 14.6 Å². The van der Waals surface area contributed by atoms with E-state index in [-0.39, 0.29) is 12.5 Å². The average Bonchev–Trinajstić information content (AvgIpc) is 2.79. The third-order valence-electron chi connectivity index (χ3n) is 4.72. The van der Waals surface area contributed by atoms with Crippen molar-refractivity contribution in [2.45, 2.75) is 20.8 Å². The molecule has 0 saturated heterocycles. The summed E-state index contributed by atoms with van der Waals surface area (Å²) >= 11 is 0. The first-order valence-electron chi connectivity index (χ1n) is 9.79. The largest absolute Gasteiger partial charge is 0.483 e. The molecule has 0 aliphatic carbocycles. The fourth-order valence-electron chi connectivity index (χ4n) is 2.83. The van der Waals surface area contributed by atoms with Gasteiger partial charge in [-0.05, 0) is 62.2 Å². The molecular formula is C24H24N4O3. The number of carbonyl (C=O) groups is 2. The average molecular weight is 416 g/mol. The van der Waals surface area contributed by atoms with Crippen LogP contribution in [0.15, 0.2) is 72.0 Å². The van der Waals surface area contributed by atoms with Crippen LogP contribution >= 0.6 is 0 Å². The Morgan fingerprint density at radius 1 is 1.00 bits per heavy atom. The highest BCUT2D eigenvalue weighted by Gasteiger charge is 2.14. The first kappa shape index (κ1) is 21.7. The summed E-state index contributed by atoms with van der Waals surface area (Å²) in [7, 11) is 0. The molecule has 2 N–H and O–H groups in total. The minimum absolute atomic E-state index is 0.169. The van der Waals surface area contributed by atoms with Gasteiger partial charge in [-0.2, -0.15) is 5.10 Å². The van der Waals surface area contributed by atoms with E-state index in [2.05, 4.69) is 20.8 Å². The number of rotatable bonds is 7. The smallest absolute Gasteiger partial charge is 0.273 e. The van der Waals surface area contributed by atoms with Crippen LogP contribution in [0.25, 0.3) is 0 Å². The second-order valence-electron chi connectivity index (χ2n) is 6.93. The lowest BCUT2D eigenvalue weighted by Gasteiger charge is -2.12. The molecule has 7 heteroatoms. The first-order chi connectivity index (χ1) is 15.0. The van der Waals surface area contributed by atoms with Gasteiger partial charge in [0.2, 0.25) is 0 Å². The zero-order valence-electron chi connectivity index (χ0n) is 17.7. The summed E-state index contributed by atoms with van der Waals surface area (Å²) in [6, 6.07) is 17.8. The van der Waals surface area contributed by atoms with Crippen molar-refractivity contribution in [1.29, 1.82) is 0 Å². The van der Waals surface area contributed by atoms with E-state index in [1.165, 1.54) is 0 Å². The Morgan fingerprint density at radius 2 is 1.77 bits per heavy atom. The highest BCUT2D eigenvalue weighted by molar-refractivity contribution is 6.05. The number of carbonyl (C=O) groups excluding carboxylic acids is 2. The summed E-state index contributed by atoms with van der Waals surface area (Å²) in [6.07, 6.45) is 1.65. The lowest BCUT2D eigenvalue weighted by atomic mass is 10.1. The van der Waals surface area contributed by atoms with Crippen LogP contribution in [0.4, 0.5) is 5.69 Å². The number of benzene rings is 2. The molecule has 0 fully saturated rings. The van der Waals surface area contributed by atoms with Crippen molar-refractivity contribution < 1.29 is 14.3 Å². The van der Waals surface area contributed by atoms with Gasteiger partial charge in [0.25, 0.3) is 11.8 Å². The molecular weight excluding hydrogens is 392 g/mol. The van der Waals surface area contributed by atoms with Gasteiger partial charge in [0.05, 0.1) is 22.7 Å². The van der Waals surface area contributed by atoms with Gasteiger partial charge in [0, 0.05) is 6.20 Å². The monoisotopic (exact) mass is 416 g/mol. The second-order valence-corrected chi connectivity index (χ2v) is 6.93. The number of para-hydroxylation sites is 1. The van der Waals surface area contributed by atoms with E-state index < -0.39 is 5.91 Å². The van der Waals surface area contributed by atoms with Crippen LogP contribution in [0.2, 0.25) is 0 Å². The molecule has 0 unspecified atom stereocenters. The summed E-state index contributed by atoms with van der Waals surface area (Å²) in [4.78, 5) is 29.2. The van der Waals surface area contributed by atoms with Crippen molar-refractivity contribution in [1.82, 2.24) is 10.4 Å². The van der Waals surface area contributed by atoms with Crippen molar-refractivity contribution >= 4 is 23.2 Å². The topological polar surface area (TPSA) is 92.7 Å². The van der Waals surface area contributed by atoms with Crippen molar-refractivity contribution in [3.63, 3.8) is 0 Å². The molecule has 0 bridgehead atoms. The quantitative estimate of drug-likeness (QED) is 0.452. The third kappa shape index (κ3) is 5.76. The summed E-state index contributed by atoms with van der Waals surface area (Å²) < 4.78 is 5.64. The Morgan fingerprint density at radius 3 is 2.55 bits per heavy atom. The van der Waals surface area contributed by atoms with E-state index in [0.29, 0.717) is 28.4 Å². The Balaban J connectivity index is 1.65. The molecule has 7 nitrogen and oxygen atoms in total. The molecule has 1 heterocycles. The van der Waals surface area contributed by atoms with E-state index >= 15 is 0 Å². The SMILES string of the molecule is CC(=NNC(=O)c1ccccc1NC(=O)COc1cccc(C)c1C)c1ccccn1. The van der Waals surface area contributed by atoms with Crippen LogP contribution in [-0.2, 0) is 4.79 Å². The number of nitrogens with zero attached hydrogens (tertiary/aromatic N) is 2. The second kappa shape index (κ2) is 10.2. The molecule has 0 radical (unpaired) electrons. The highest BCUT2D eigenvalue weighted by atomic mass is 16.5. The van der Waals surface area contributed by atoms with Crippen molar-refractivity contribution in [3.05, 3.63) is 89.2 Å². The lowest BCUT2D eigenvalue weighted by Crippen LogP contribution is -2.25. The molecule has 0 spiro atoms. The number of hydrogen-bond acceptors (Lipinski definition) is 5. The normalized spacial score (nSPS) is 11.0. The van der Waals surface area contributed by atoms with E-state index in [0.717, 1.165) is 11.1 Å². The Kier molecular flexibility index (Phi) is 7.11. The number of aromatic nitrogens is 1. The molecule has 1 aromatic heterocycles. The molecule has 2 aromatic carbocycles. The molecule has 0 aliphatic heterocycles. The van der Waals surface area contributed by atoms with Crippen LogP contribution in [-0.4, -0.2) is 29.1 Å². The standard InChI is InChI=1S/C24H24N4O3/c1-16-9-8-13-22(17(16)2)31-15-23(29)26-21-12-5-4-10-19(21)24(30)28-27-18(3)20-11-6-7-14-25-20/h4-14H,15H2,1-3H3,(H,26,29)(H,28,30). The van der Waals surface area contributed by atoms with Crippen LogP contribution in [0.1, 0.15) is 34.1 Å². The summed E-state index contributed by atoms with van der Waals surface area (Å²) in [6.45, 7) is 5.50. The molecule has 2 amide bonds. The number of ether oxygens (including phenoxy) is 1. The van der Waals surface area contributed by atoms with Crippen molar-refractivity contribution in [2.75, 3.05) is 11.9 Å². The molecule has 0 atom stereocenters. The molecule has 158 valence electrons. The maximum Gasteiger partial charge on any atom is 0.273 e. The van der Waals surface area contributed by atoms with Gasteiger partial charge < -0.3 is 10.1 Å². The number of hydrazone groups is 1. The Bertz CT molecular complexity index is 1110. The van der Waals surface area contributed by atoms with E-state index in [4.69, 9.17) is 4.74 Å². The maximum absolute atomic E-state index is 12.6. The van der Waals surface area contributed by atoms with E-state index in [9.17, 15) is 9.59 Å². The maximum atomic E-state index is 12.6. The molecule has 0 saturated carbocycles. The summed E-state index contributed by atoms with van der Waals surface area (Å²) in [5.41, 5.74) is 6.47. The summed E-state index contributed by atoms with van der Waals surface area (Å²) in [5.74, 6) is -0.156. The minimum Gasteiger partial charge on any atom is -0.483 e. The number of pyridine rings is 1. The fraction of sp³-hybridized carbons (Fsp3) is 0.167. The Hall–Kier alpha value is -4.00. The van der Waals surface area contributed by atoms with Gasteiger partial charge >= 0.3 is 0 Å². The molecule has 3 rings (SSSR count). The fourth-order valence-corrected chi connectivity index (χ4v) is 2.83. The number of anilines is 1. The predicted molar refractivity (Wildman–Crippen MR) is 120 cm³/mol. The van der Waals surface area contributed by atoms with E-state index in [1.54, 1.807) is 49.5 Å². The molecule has 3 aromatic rings. The number of nitrogens with one attached hydrogen (secondary N) is 2. The highest BCUT2D eigenvalue weighted by Crippen LogP contribution is 2.21. The van der Waals surface area contributed by atoms with Crippen molar-refractivity contribution in [2.24, 2.45) is 5.10 Å². The molecule has 0 aliphatic rings. The lowest BCUT2D eigenvalue weighted by molar-refractivity contribution is -0.118. The van der Waals surface area contributed by atoms with Gasteiger partial charge in [0.1, 0.15) is 5.75 Å². The molecule has 31 heavy (non-hydrogen) atoms. The predicted octanol–water partition coefficient (Wildman–Crippen LogP) is 3.87. The Labute approximate surface area is 181 Å². The zero-order chi connectivity index (χ0) is 22.2. The van der Waals surface area contributed by atoms with E-state index in [1.807, 2.05) is 38.1 Å². The minimum atomic E-state index is -0.443. The summed E-state index contributed by atoms with van der Waals surface area (Å²) in [5, 5.41) is 6.83. The van der Waals surface area contributed by atoms with Crippen molar-refractivity contribution in [3.8, 4) is 5.75 Å². The van der Waals surface area contributed by atoms with Crippen LogP contribution in [0, 0.1) is 13.8 Å². The van der Waals surface area contributed by atoms with Gasteiger partial charge in [-0.15, -0.1) is 0 Å². The number of hydrogen-bond donors (Lipinski definition) is 2. The van der Waals surface area contributed by atoms with Gasteiger partial charge in [-0.25, -0.2) is 5.43 Å². The number of amides is 2. The zero-order valence-corrected chi connectivity index (χ0v) is 17.7. The first-order valence-corrected chi connectivity index (χ1v) is 9.79.